The minimum Gasteiger partial charge on any atom is -0.478 e. The molecule has 0 saturated carbocycles. The van der Waals surface area contributed by atoms with Crippen molar-refractivity contribution < 1.29 is 9.90 Å². The molecule has 128 valence electrons. The first kappa shape index (κ1) is 17.9. The Morgan fingerprint density at radius 3 is 1.75 bits per heavy atom. The van der Waals surface area contributed by atoms with E-state index in [9.17, 15) is 4.79 Å². The average Bonchev–Trinajstić information content (AvgIpc) is 2.45. The Hall–Kier alpha value is -2.43. The number of benzene rings is 1. The zero-order valence-electron chi connectivity index (χ0n) is 15.1. The van der Waals surface area contributed by atoms with Crippen molar-refractivity contribution in [3.8, 4) is 0 Å². The largest absolute Gasteiger partial charge is 0.478 e. The molecule has 0 atom stereocenters. The number of carbonyl (C=O) groups is 1. The fraction of sp³-hybridized carbons (Fsp3) is 0.421. The van der Waals surface area contributed by atoms with Gasteiger partial charge in [-0.25, -0.2) is 14.8 Å². The quantitative estimate of drug-likeness (QED) is 0.867. The standard InChI is InChI=1S/C19H25N3O2/c1-18(2,3)13-7-14(19(4,5)6)9-15(8-13)22-17-20-10-12(11-21-17)16(23)24/h7-11H,1-6H3,(H,23,24)(H,20,21,22). The number of hydrogen-bond acceptors (Lipinski definition) is 4. The number of rotatable bonds is 3. The van der Waals surface area contributed by atoms with Crippen LogP contribution in [0.25, 0.3) is 0 Å². The predicted octanol–water partition coefficient (Wildman–Crippen LogP) is 4.51. The van der Waals surface area contributed by atoms with E-state index < -0.39 is 5.97 Å². The summed E-state index contributed by atoms with van der Waals surface area (Å²) in [6.45, 7) is 13.1. The summed E-state index contributed by atoms with van der Waals surface area (Å²) in [5.41, 5.74) is 3.45. The number of aromatic nitrogens is 2. The Balaban J connectivity index is 2.40. The molecule has 0 aliphatic carbocycles. The van der Waals surface area contributed by atoms with Crippen molar-refractivity contribution in [2.75, 3.05) is 5.32 Å². The average molecular weight is 327 g/mol. The fourth-order valence-electron chi connectivity index (χ4n) is 2.20. The van der Waals surface area contributed by atoms with Gasteiger partial charge in [0.05, 0.1) is 5.56 Å². The highest BCUT2D eigenvalue weighted by Gasteiger charge is 2.20. The van der Waals surface area contributed by atoms with Crippen molar-refractivity contribution in [3.05, 3.63) is 47.3 Å². The number of nitrogens with one attached hydrogen (secondary N) is 1. The number of hydrogen-bond donors (Lipinski definition) is 2. The summed E-state index contributed by atoms with van der Waals surface area (Å²) in [7, 11) is 0. The minimum absolute atomic E-state index is 0.0196. The summed E-state index contributed by atoms with van der Waals surface area (Å²) < 4.78 is 0. The summed E-state index contributed by atoms with van der Waals surface area (Å²) in [5.74, 6) is -0.655. The number of carboxylic acids is 1. The van der Waals surface area contributed by atoms with Crippen LogP contribution in [0.1, 0.15) is 63.0 Å². The first-order valence-electron chi connectivity index (χ1n) is 7.95. The van der Waals surface area contributed by atoms with Crippen molar-refractivity contribution in [1.29, 1.82) is 0 Å². The van der Waals surface area contributed by atoms with Crippen molar-refractivity contribution in [2.24, 2.45) is 0 Å². The van der Waals surface area contributed by atoms with Crippen LogP contribution < -0.4 is 5.32 Å². The monoisotopic (exact) mass is 327 g/mol. The Labute approximate surface area is 143 Å². The second kappa shape index (κ2) is 6.23. The van der Waals surface area contributed by atoms with Gasteiger partial charge in [-0.2, -0.15) is 0 Å². The van der Waals surface area contributed by atoms with E-state index in [2.05, 4.69) is 75.0 Å². The van der Waals surface area contributed by atoms with E-state index in [1.54, 1.807) is 0 Å². The molecule has 0 radical (unpaired) electrons. The van der Waals surface area contributed by atoms with E-state index in [0.717, 1.165) is 5.69 Å². The Morgan fingerprint density at radius 2 is 1.38 bits per heavy atom. The number of aromatic carboxylic acids is 1. The van der Waals surface area contributed by atoms with Crippen LogP contribution in [0.4, 0.5) is 11.6 Å². The first-order chi connectivity index (χ1) is 11.0. The zero-order valence-corrected chi connectivity index (χ0v) is 15.1. The number of nitrogens with zero attached hydrogens (tertiary/aromatic N) is 2. The van der Waals surface area contributed by atoms with Gasteiger partial charge in [0.2, 0.25) is 5.95 Å². The Kier molecular flexibility index (Phi) is 4.65. The summed E-state index contributed by atoms with van der Waals surface area (Å²) in [5, 5.41) is 12.1. The van der Waals surface area contributed by atoms with E-state index in [1.165, 1.54) is 23.5 Å². The number of carboxylic acid groups (broad SMARTS) is 1. The Morgan fingerprint density at radius 1 is 0.917 bits per heavy atom. The van der Waals surface area contributed by atoms with E-state index >= 15 is 0 Å². The van der Waals surface area contributed by atoms with Gasteiger partial charge in [0.1, 0.15) is 0 Å². The van der Waals surface area contributed by atoms with Crippen LogP contribution in [-0.2, 0) is 10.8 Å². The van der Waals surface area contributed by atoms with Crippen molar-refractivity contribution in [2.45, 2.75) is 52.4 Å². The molecule has 0 aliphatic heterocycles. The fourth-order valence-corrected chi connectivity index (χ4v) is 2.20. The van der Waals surface area contributed by atoms with Crippen LogP contribution in [0.2, 0.25) is 0 Å². The minimum atomic E-state index is -1.04. The molecule has 5 nitrogen and oxygen atoms in total. The molecule has 1 aromatic carbocycles. The molecule has 1 heterocycles. The molecule has 1 aromatic heterocycles. The predicted molar refractivity (Wildman–Crippen MR) is 96.1 cm³/mol. The molecule has 2 rings (SSSR count). The third kappa shape index (κ3) is 4.31. The maximum absolute atomic E-state index is 10.9. The van der Waals surface area contributed by atoms with Gasteiger partial charge < -0.3 is 10.4 Å². The van der Waals surface area contributed by atoms with Crippen LogP contribution in [0.5, 0.6) is 0 Å². The SMILES string of the molecule is CC(C)(C)c1cc(Nc2ncc(C(=O)O)cn2)cc(C(C)(C)C)c1. The molecule has 5 heteroatoms. The topological polar surface area (TPSA) is 75.1 Å². The summed E-state index contributed by atoms with van der Waals surface area (Å²) in [6.07, 6.45) is 2.60. The molecular formula is C19H25N3O2. The molecule has 2 aromatic rings. The lowest BCUT2D eigenvalue weighted by Gasteiger charge is -2.26. The third-order valence-corrected chi connectivity index (χ3v) is 3.82. The summed E-state index contributed by atoms with van der Waals surface area (Å²) in [4.78, 5) is 19.0. The molecule has 0 spiro atoms. The molecule has 0 bridgehead atoms. The zero-order chi connectivity index (χ0) is 18.1. The van der Waals surface area contributed by atoms with Gasteiger partial charge in [-0.15, -0.1) is 0 Å². The molecule has 0 saturated heterocycles. The van der Waals surface area contributed by atoms with Crippen molar-refractivity contribution in [3.63, 3.8) is 0 Å². The van der Waals surface area contributed by atoms with Crippen LogP contribution in [0, 0.1) is 0 Å². The molecular weight excluding hydrogens is 302 g/mol. The lowest BCUT2D eigenvalue weighted by molar-refractivity contribution is 0.0696. The summed E-state index contributed by atoms with van der Waals surface area (Å²) >= 11 is 0. The van der Waals surface area contributed by atoms with Crippen molar-refractivity contribution >= 4 is 17.6 Å². The lowest BCUT2D eigenvalue weighted by atomic mass is 9.80. The van der Waals surface area contributed by atoms with Crippen LogP contribution in [-0.4, -0.2) is 21.0 Å². The number of anilines is 2. The van der Waals surface area contributed by atoms with Gasteiger partial charge in [-0.3, -0.25) is 0 Å². The maximum Gasteiger partial charge on any atom is 0.338 e. The third-order valence-electron chi connectivity index (χ3n) is 3.82. The highest BCUT2D eigenvalue weighted by molar-refractivity contribution is 5.86. The molecule has 2 N–H and O–H groups in total. The first-order valence-corrected chi connectivity index (χ1v) is 7.95. The van der Waals surface area contributed by atoms with Gasteiger partial charge in [-0.1, -0.05) is 47.6 Å². The summed E-state index contributed by atoms with van der Waals surface area (Å²) in [6, 6.07) is 6.41. The van der Waals surface area contributed by atoms with Gasteiger partial charge in [0.25, 0.3) is 0 Å². The molecule has 24 heavy (non-hydrogen) atoms. The van der Waals surface area contributed by atoms with E-state index in [-0.39, 0.29) is 16.4 Å². The normalized spacial score (nSPS) is 12.1. The van der Waals surface area contributed by atoms with Gasteiger partial charge in [-0.05, 0) is 34.1 Å². The van der Waals surface area contributed by atoms with Crippen LogP contribution in [0.15, 0.2) is 30.6 Å². The highest BCUT2D eigenvalue weighted by Crippen LogP contribution is 2.32. The maximum atomic E-state index is 10.9. The smallest absolute Gasteiger partial charge is 0.338 e. The van der Waals surface area contributed by atoms with E-state index in [1.807, 2.05) is 0 Å². The second-order valence-electron chi connectivity index (χ2n) is 8.02. The highest BCUT2D eigenvalue weighted by atomic mass is 16.4. The second-order valence-corrected chi connectivity index (χ2v) is 8.02. The molecule has 0 amide bonds. The molecule has 0 unspecified atom stereocenters. The van der Waals surface area contributed by atoms with Crippen LogP contribution >= 0.6 is 0 Å². The van der Waals surface area contributed by atoms with Crippen molar-refractivity contribution in [1.82, 2.24) is 9.97 Å². The lowest BCUT2D eigenvalue weighted by Crippen LogP contribution is -2.17. The van der Waals surface area contributed by atoms with Crippen LogP contribution in [0.3, 0.4) is 0 Å². The molecule has 0 fully saturated rings. The Bertz CT molecular complexity index is 706. The van der Waals surface area contributed by atoms with Gasteiger partial charge in [0, 0.05) is 18.1 Å². The van der Waals surface area contributed by atoms with E-state index in [4.69, 9.17) is 5.11 Å². The van der Waals surface area contributed by atoms with Gasteiger partial charge in [0.15, 0.2) is 0 Å². The van der Waals surface area contributed by atoms with E-state index in [0.29, 0.717) is 5.95 Å². The van der Waals surface area contributed by atoms with Gasteiger partial charge >= 0.3 is 5.97 Å². The molecule has 0 aliphatic rings.